The maximum absolute atomic E-state index is 12.7. The minimum Gasteiger partial charge on any atom is -0.462 e. The van der Waals surface area contributed by atoms with E-state index in [9.17, 15) is 9.59 Å². The van der Waals surface area contributed by atoms with Gasteiger partial charge in [0.25, 0.3) is 0 Å². The average molecular weight is 779 g/mol. The zero-order valence-electron chi connectivity index (χ0n) is 20.3. The summed E-state index contributed by atoms with van der Waals surface area (Å²) in [5.41, 5.74) is 0.592. The minimum atomic E-state index is -2.19. The van der Waals surface area contributed by atoms with Gasteiger partial charge in [0.2, 0.25) is 20.0 Å². The maximum atomic E-state index is 12.7. The monoisotopic (exact) mass is 774 g/mol. The van der Waals surface area contributed by atoms with Crippen LogP contribution in [-0.4, -0.2) is 32.1 Å². The smallest absolute Gasteiger partial charge is 0.322 e. The average Bonchev–Trinajstić information content (AvgIpc) is 2.87. The van der Waals surface area contributed by atoms with Crippen LogP contribution < -0.4 is 30.7 Å². The van der Waals surface area contributed by atoms with Crippen LogP contribution in [0.5, 0.6) is 11.5 Å². The summed E-state index contributed by atoms with van der Waals surface area (Å²) >= 11 is 60.2. The van der Waals surface area contributed by atoms with E-state index in [0.717, 1.165) is 0 Å². The molecule has 0 saturated carbocycles. The third-order valence-electron chi connectivity index (χ3n) is 4.81. The van der Waals surface area contributed by atoms with E-state index >= 15 is 0 Å². The lowest BCUT2D eigenvalue weighted by Gasteiger charge is -2.29. The van der Waals surface area contributed by atoms with E-state index in [1.165, 1.54) is 48.5 Å². The lowest BCUT2D eigenvalue weighted by atomic mass is 10.3. The zero-order chi connectivity index (χ0) is 31.2. The molecule has 0 heterocycles. The highest BCUT2D eigenvalue weighted by atomic mass is 35.6. The number of rotatable bonds is 8. The van der Waals surface area contributed by atoms with Crippen molar-refractivity contribution in [3.63, 3.8) is 0 Å². The predicted molar refractivity (Wildman–Crippen MR) is 173 cm³/mol. The molecule has 18 heteroatoms. The molecule has 3 rings (SSSR count). The second kappa shape index (κ2) is 15.1. The number of anilines is 2. The van der Waals surface area contributed by atoms with E-state index < -0.39 is 32.1 Å². The molecular weight excluding hydrogens is 763 g/mol. The third-order valence-corrected chi connectivity index (χ3v) is 7.48. The Bertz CT molecular complexity index is 1330. The number of alkyl halides is 6. The van der Waals surface area contributed by atoms with Gasteiger partial charge in [0.05, 0.1) is 20.1 Å². The summed E-state index contributed by atoms with van der Waals surface area (Å²) in [4.78, 5) is 25.3. The third kappa shape index (κ3) is 10.7. The molecule has 3 aromatic rings. The molecule has 2 atom stereocenters. The number of urea groups is 2. The molecule has 0 saturated heterocycles. The van der Waals surface area contributed by atoms with Crippen molar-refractivity contribution in [2.24, 2.45) is 0 Å². The number of amides is 4. The summed E-state index contributed by atoms with van der Waals surface area (Å²) in [5.74, 6) is -0.121. The van der Waals surface area contributed by atoms with Crippen molar-refractivity contribution in [1.29, 1.82) is 0 Å². The Hall–Kier alpha value is -1.30. The molecule has 8 nitrogen and oxygen atoms in total. The SMILES string of the molecule is O=C(Nc1ccc(Cl)c(Cl)c1)NC(Oc1ccccc1OC(NC(=O)Nc1ccc(Cl)c(Cl)c1)C(Cl)(Cl)Cl)C(Cl)(Cl)Cl. The minimum absolute atomic E-state index is 0.0606. The first-order chi connectivity index (χ1) is 19.5. The molecule has 42 heavy (non-hydrogen) atoms. The van der Waals surface area contributed by atoms with Crippen LogP contribution in [0.4, 0.5) is 21.0 Å². The molecular formula is C24H16Cl10N4O4. The second-order valence-electron chi connectivity index (χ2n) is 7.98. The number of halogens is 10. The molecule has 4 N–H and O–H groups in total. The molecule has 0 aliphatic heterocycles. The van der Waals surface area contributed by atoms with Crippen LogP contribution in [0.1, 0.15) is 0 Å². The van der Waals surface area contributed by atoms with Gasteiger partial charge in [-0.3, -0.25) is 10.6 Å². The Morgan fingerprint density at radius 1 is 0.571 bits per heavy atom. The molecule has 0 radical (unpaired) electrons. The van der Waals surface area contributed by atoms with Gasteiger partial charge in [0.15, 0.2) is 11.5 Å². The fourth-order valence-corrected chi connectivity index (χ4v) is 4.17. The molecule has 0 aliphatic rings. The van der Waals surface area contributed by atoms with E-state index in [0.29, 0.717) is 11.4 Å². The summed E-state index contributed by atoms with van der Waals surface area (Å²) in [6.45, 7) is 0. The van der Waals surface area contributed by atoms with Crippen molar-refractivity contribution in [3.8, 4) is 11.5 Å². The number of hydrogen-bond donors (Lipinski definition) is 4. The van der Waals surface area contributed by atoms with Crippen molar-refractivity contribution in [3.05, 3.63) is 80.8 Å². The topological polar surface area (TPSA) is 101 Å². The molecule has 0 fully saturated rings. The highest BCUT2D eigenvalue weighted by Gasteiger charge is 2.39. The fourth-order valence-electron chi connectivity index (χ4n) is 2.98. The number of ether oxygens (including phenoxy) is 2. The van der Waals surface area contributed by atoms with Gasteiger partial charge < -0.3 is 20.1 Å². The van der Waals surface area contributed by atoms with Gasteiger partial charge in [0.1, 0.15) is 0 Å². The van der Waals surface area contributed by atoms with Gasteiger partial charge in [-0.1, -0.05) is 128 Å². The number of hydrogen-bond acceptors (Lipinski definition) is 4. The molecule has 3 aromatic carbocycles. The standard InChI is InChI=1S/C24H16Cl10N4O4/c25-13-7-5-11(9-15(13)27)35-21(39)37-19(23(29,30)31)41-17-3-1-2-4-18(17)42-20(24(32,33)34)38-22(40)36-12-6-8-14(26)16(28)10-12/h1-10,19-20H,(H2,35,37,39)(H2,36,38,40). The Morgan fingerprint density at radius 2 is 0.929 bits per heavy atom. The second-order valence-corrected chi connectivity index (χ2v) is 14.3. The van der Waals surface area contributed by atoms with Crippen LogP contribution in [0.3, 0.4) is 0 Å². The molecule has 226 valence electrons. The summed E-state index contributed by atoms with van der Waals surface area (Å²) < 4.78 is 7.18. The first-order valence-electron chi connectivity index (χ1n) is 11.1. The van der Waals surface area contributed by atoms with Crippen molar-refractivity contribution >= 4 is 139 Å². The highest BCUT2D eigenvalue weighted by Crippen LogP contribution is 2.38. The van der Waals surface area contributed by atoms with Gasteiger partial charge in [-0.15, -0.1) is 0 Å². The van der Waals surface area contributed by atoms with Crippen LogP contribution in [0.2, 0.25) is 20.1 Å². The van der Waals surface area contributed by atoms with Crippen molar-refractivity contribution in [1.82, 2.24) is 10.6 Å². The number of benzene rings is 3. The number of carbonyl (C=O) groups is 2. The van der Waals surface area contributed by atoms with Gasteiger partial charge in [-0.2, -0.15) is 0 Å². The van der Waals surface area contributed by atoms with Gasteiger partial charge in [-0.25, -0.2) is 9.59 Å². The summed E-state index contributed by atoms with van der Waals surface area (Å²) in [6.07, 6.45) is -3.15. The van der Waals surface area contributed by atoms with E-state index in [-0.39, 0.29) is 31.6 Å². The van der Waals surface area contributed by atoms with Gasteiger partial charge in [-0.05, 0) is 48.5 Å². The Balaban J connectivity index is 1.76. The van der Waals surface area contributed by atoms with Crippen LogP contribution in [0, 0.1) is 0 Å². The van der Waals surface area contributed by atoms with E-state index in [1.807, 2.05) is 0 Å². The Labute approximate surface area is 290 Å². The van der Waals surface area contributed by atoms with E-state index in [4.69, 9.17) is 125 Å². The number of carbonyl (C=O) groups excluding carboxylic acids is 2. The fraction of sp³-hybridized carbons (Fsp3) is 0.167. The van der Waals surface area contributed by atoms with Crippen molar-refractivity contribution < 1.29 is 19.1 Å². The van der Waals surface area contributed by atoms with Crippen LogP contribution in [0.25, 0.3) is 0 Å². The summed E-state index contributed by atoms with van der Waals surface area (Å²) in [7, 11) is 0. The van der Waals surface area contributed by atoms with Crippen molar-refractivity contribution in [2.45, 2.75) is 20.0 Å². The summed E-state index contributed by atoms with van der Waals surface area (Å²) in [5, 5.41) is 10.8. The van der Waals surface area contributed by atoms with E-state index in [2.05, 4.69) is 21.3 Å². The molecule has 4 amide bonds. The maximum Gasteiger partial charge on any atom is 0.322 e. The Kier molecular flexibility index (Phi) is 12.7. The largest absolute Gasteiger partial charge is 0.462 e. The summed E-state index contributed by atoms with van der Waals surface area (Å²) in [6, 6.07) is 13.1. The lowest BCUT2D eigenvalue weighted by molar-refractivity contribution is 0.140. The number of para-hydroxylation sites is 2. The Morgan fingerprint density at radius 3 is 1.24 bits per heavy atom. The molecule has 0 bridgehead atoms. The first-order valence-corrected chi connectivity index (χ1v) is 14.9. The first kappa shape index (κ1) is 35.2. The van der Waals surface area contributed by atoms with Crippen LogP contribution in [-0.2, 0) is 0 Å². The normalized spacial score (nSPS) is 13.0. The van der Waals surface area contributed by atoms with Crippen LogP contribution in [0.15, 0.2) is 60.7 Å². The predicted octanol–water partition coefficient (Wildman–Crippen LogP) is 10.1. The molecule has 0 aromatic heterocycles. The highest BCUT2D eigenvalue weighted by molar-refractivity contribution is 6.68. The molecule has 0 spiro atoms. The molecule has 2 unspecified atom stereocenters. The lowest BCUT2D eigenvalue weighted by Crippen LogP contribution is -2.50. The van der Waals surface area contributed by atoms with Gasteiger partial charge >= 0.3 is 12.1 Å². The van der Waals surface area contributed by atoms with Crippen LogP contribution >= 0.6 is 116 Å². The zero-order valence-corrected chi connectivity index (χ0v) is 27.9. The van der Waals surface area contributed by atoms with E-state index in [1.54, 1.807) is 12.1 Å². The number of nitrogens with one attached hydrogen (secondary N) is 4. The van der Waals surface area contributed by atoms with Crippen molar-refractivity contribution in [2.75, 3.05) is 10.6 Å². The molecule has 0 aliphatic carbocycles. The van der Waals surface area contributed by atoms with Gasteiger partial charge in [0, 0.05) is 11.4 Å². The quantitative estimate of drug-likeness (QED) is 0.135.